The number of nitrogens with two attached hydrogens (primary N) is 1. The highest BCUT2D eigenvalue weighted by atomic mass is 16.4. The molecule has 0 saturated carbocycles. The molecule has 0 bridgehead atoms. The van der Waals surface area contributed by atoms with E-state index in [4.69, 9.17) is 10.9 Å². The summed E-state index contributed by atoms with van der Waals surface area (Å²) in [4.78, 5) is 11.6. The zero-order valence-electron chi connectivity index (χ0n) is 9.71. The van der Waals surface area contributed by atoms with Gasteiger partial charge in [-0.2, -0.15) is 0 Å². The molecule has 0 aromatic carbocycles. The van der Waals surface area contributed by atoms with Crippen molar-refractivity contribution in [1.82, 2.24) is 5.32 Å². The number of rotatable bonds is 6. The van der Waals surface area contributed by atoms with E-state index in [9.17, 15) is 4.79 Å². The number of oxime groups is 1. The van der Waals surface area contributed by atoms with Crippen LogP contribution in [0.3, 0.4) is 0 Å². The summed E-state index contributed by atoms with van der Waals surface area (Å²) >= 11 is 0. The van der Waals surface area contributed by atoms with Gasteiger partial charge in [-0.3, -0.25) is 4.79 Å². The fourth-order valence-electron chi connectivity index (χ4n) is 0.921. The zero-order valence-corrected chi connectivity index (χ0v) is 9.71. The van der Waals surface area contributed by atoms with Crippen molar-refractivity contribution in [1.29, 1.82) is 0 Å². The molecule has 0 aromatic rings. The fraction of sp³-hybridized carbons (Fsp3) is 0.800. The Morgan fingerprint density at radius 3 is 2.60 bits per heavy atom. The van der Waals surface area contributed by atoms with Crippen molar-refractivity contribution in [3.63, 3.8) is 0 Å². The van der Waals surface area contributed by atoms with Gasteiger partial charge in [-0.25, -0.2) is 0 Å². The Kier molecular flexibility index (Phi) is 5.74. The van der Waals surface area contributed by atoms with Gasteiger partial charge in [0.05, 0.1) is 0 Å². The van der Waals surface area contributed by atoms with E-state index in [1.807, 2.05) is 20.8 Å². The molecule has 0 aliphatic carbocycles. The van der Waals surface area contributed by atoms with Gasteiger partial charge in [-0.1, -0.05) is 25.9 Å². The number of amidine groups is 1. The maximum absolute atomic E-state index is 11.6. The topological polar surface area (TPSA) is 87.7 Å². The SMILES string of the molecule is CCC(C)(C)C(=O)NCCCC(N)=NO. The highest BCUT2D eigenvalue weighted by molar-refractivity contribution is 5.82. The summed E-state index contributed by atoms with van der Waals surface area (Å²) in [5.74, 6) is 0.239. The standard InChI is InChI=1S/C10H21N3O2/c1-4-10(2,3)9(14)12-7-5-6-8(11)13-15/h15H,4-7H2,1-3H3,(H2,11,13)(H,12,14). The molecule has 0 aromatic heterocycles. The molecular formula is C10H21N3O2. The molecule has 0 aliphatic heterocycles. The van der Waals surface area contributed by atoms with Gasteiger partial charge in [0.15, 0.2) is 0 Å². The van der Waals surface area contributed by atoms with Gasteiger partial charge in [-0.15, -0.1) is 0 Å². The van der Waals surface area contributed by atoms with Gasteiger partial charge in [0.1, 0.15) is 5.84 Å². The highest BCUT2D eigenvalue weighted by Gasteiger charge is 2.24. The van der Waals surface area contributed by atoms with Crippen LogP contribution in [0.1, 0.15) is 40.0 Å². The van der Waals surface area contributed by atoms with Crippen molar-refractivity contribution in [2.24, 2.45) is 16.3 Å². The Labute approximate surface area is 90.7 Å². The van der Waals surface area contributed by atoms with Crippen LogP contribution in [-0.4, -0.2) is 23.5 Å². The maximum atomic E-state index is 11.6. The molecule has 88 valence electrons. The molecule has 0 spiro atoms. The molecule has 15 heavy (non-hydrogen) atoms. The lowest BCUT2D eigenvalue weighted by molar-refractivity contribution is -0.129. The predicted molar refractivity (Wildman–Crippen MR) is 59.7 cm³/mol. The summed E-state index contributed by atoms with van der Waals surface area (Å²) in [5.41, 5.74) is 4.97. The Morgan fingerprint density at radius 2 is 2.13 bits per heavy atom. The minimum absolute atomic E-state index is 0.0458. The third kappa shape index (κ3) is 5.24. The van der Waals surface area contributed by atoms with Crippen LogP contribution in [0.5, 0.6) is 0 Å². The van der Waals surface area contributed by atoms with Gasteiger partial charge in [0.25, 0.3) is 0 Å². The molecule has 0 saturated heterocycles. The number of hydrogen-bond acceptors (Lipinski definition) is 3. The van der Waals surface area contributed by atoms with Crippen LogP contribution in [0, 0.1) is 5.41 Å². The van der Waals surface area contributed by atoms with Gasteiger partial charge < -0.3 is 16.3 Å². The van der Waals surface area contributed by atoms with E-state index < -0.39 is 0 Å². The van der Waals surface area contributed by atoms with E-state index in [2.05, 4.69) is 10.5 Å². The maximum Gasteiger partial charge on any atom is 0.225 e. The smallest absolute Gasteiger partial charge is 0.225 e. The lowest BCUT2D eigenvalue weighted by Gasteiger charge is -2.21. The number of carbonyl (C=O) groups excluding carboxylic acids is 1. The normalized spacial score (nSPS) is 12.6. The van der Waals surface area contributed by atoms with E-state index in [0.29, 0.717) is 19.4 Å². The Hall–Kier alpha value is -1.26. The second-order valence-electron chi connectivity index (χ2n) is 4.19. The summed E-state index contributed by atoms with van der Waals surface area (Å²) in [6, 6.07) is 0. The lowest BCUT2D eigenvalue weighted by Crippen LogP contribution is -2.37. The van der Waals surface area contributed by atoms with Crippen molar-refractivity contribution in [3.8, 4) is 0 Å². The Morgan fingerprint density at radius 1 is 1.53 bits per heavy atom. The monoisotopic (exact) mass is 215 g/mol. The first-order valence-electron chi connectivity index (χ1n) is 5.18. The molecular weight excluding hydrogens is 194 g/mol. The summed E-state index contributed by atoms with van der Waals surface area (Å²) in [6.45, 7) is 6.35. The van der Waals surface area contributed by atoms with Gasteiger partial charge in [0.2, 0.25) is 5.91 Å². The Bertz CT molecular complexity index is 237. The second-order valence-corrected chi connectivity index (χ2v) is 4.19. The molecule has 5 heteroatoms. The Balaban J connectivity index is 3.74. The van der Waals surface area contributed by atoms with Crippen LogP contribution >= 0.6 is 0 Å². The minimum atomic E-state index is -0.323. The third-order valence-electron chi connectivity index (χ3n) is 2.52. The van der Waals surface area contributed by atoms with Crippen LogP contribution in [-0.2, 0) is 4.79 Å². The van der Waals surface area contributed by atoms with Crippen LogP contribution in [0.25, 0.3) is 0 Å². The van der Waals surface area contributed by atoms with Crippen molar-refractivity contribution in [2.75, 3.05) is 6.54 Å². The van der Waals surface area contributed by atoms with E-state index in [1.165, 1.54) is 0 Å². The first-order valence-corrected chi connectivity index (χ1v) is 5.18. The van der Waals surface area contributed by atoms with E-state index in [-0.39, 0.29) is 17.2 Å². The number of nitrogens with zero attached hydrogens (tertiary/aromatic N) is 1. The molecule has 4 N–H and O–H groups in total. The van der Waals surface area contributed by atoms with Crippen molar-refractivity contribution < 1.29 is 10.0 Å². The second kappa shape index (κ2) is 6.27. The average Bonchev–Trinajstić information content (AvgIpc) is 2.23. The first kappa shape index (κ1) is 13.7. The van der Waals surface area contributed by atoms with Crippen LogP contribution in [0.15, 0.2) is 5.16 Å². The molecule has 0 unspecified atom stereocenters. The molecule has 0 heterocycles. The summed E-state index contributed by atoms with van der Waals surface area (Å²) < 4.78 is 0. The van der Waals surface area contributed by atoms with Crippen LogP contribution in [0.2, 0.25) is 0 Å². The summed E-state index contributed by atoms with van der Waals surface area (Å²) in [5, 5.41) is 14.0. The van der Waals surface area contributed by atoms with Crippen LogP contribution in [0.4, 0.5) is 0 Å². The predicted octanol–water partition coefficient (Wildman–Crippen LogP) is 1.07. The van der Waals surface area contributed by atoms with Crippen LogP contribution < -0.4 is 11.1 Å². The molecule has 0 rings (SSSR count). The van der Waals surface area contributed by atoms with Gasteiger partial charge >= 0.3 is 0 Å². The molecule has 0 atom stereocenters. The van der Waals surface area contributed by atoms with Crippen molar-refractivity contribution in [3.05, 3.63) is 0 Å². The molecule has 0 radical (unpaired) electrons. The quantitative estimate of drug-likeness (QED) is 0.203. The fourth-order valence-corrected chi connectivity index (χ4v) is 0.921. The molecule has 1 amide bonds. The number of carbonyl (C=O) groups is 1. The third-order valence-corrected chi connectivity index (χ3v) is 2.52. The summed E-state index contributed by atoms with van der Waals surface area (Å²) in [6.07, 6.45) is 1.98. The number of nitrogens with one attached hydrogen (secondary N) is 1. The minimum Gasteiger partial charge on any atom is -0.409 e. The molecule has 5 nitrogen and oxygen atoms in total. The van der Waals surface area contributed by atoms with E-state index >= 15 is 0 Å². The van der Waals surface area contributed by atoms with Gasteiger partial charge in [0, 0.05) is 18.4 Å². The summed E-state index contributed by atoms with van der Waals surface area (Å²) in [7, 11) is 0. The first-order chi connectivity index (χ1) is 6.94. The largest absolute Gasteiger partial charge is 0.409 e. The number of hydrogen-bond donors (Lipinski definition) is 3. The van der Waals surface area contributed by atoms with Crippen molar-refractivity contribution in [2.45, 2.75) is 40.0 Å². The highest BCUT2D eigenvalue weighted by Crippen LogP contribution is 2.19. The lowest BCUT2D eigenvalue weighted by atomic mass is 9.89. The van der Waals surface area contributed by atoms with E-state index in [1.54, 1.807) is 0 Å². The molecule has 0 aliphatic rings. The zero-order chi connectivity index (χ0) is 11.9. The average molecular weight is 215 g/mol. The molecule has 0 fully saturated rings. The van der Waals surface area contributed by atoms with Crippen molar-refractivity contribution >= 4 is 11.7 Å². The van der Waals surface area contributed by atoms with Gasteiger partial charge in [-0.05, 0) is 12.8 Å². The number of amides is 1. The van der Waals surface area contributed by atoms with E-state index in [0.717, 1.165) is 6.42 Å².